The van der Waals surface area contributed by atoms with E-state index in [1.807, 2.05) is 0 Å². The lowest BCUT2D eigenvalue weighted by molar-refractivity contribution is -0.134. The van der Waals surface area contributed by atoms with Crippen LogP contribution >= 0.6 is 0 Å². The molecular weight excluding hydrogens is 322 g/mol. The van der Waals surface area contributed by atoms with Crippen molar-refractivity contribution < 1.29 is 14.3 Å². The molecule has 2 heterocycles. The zero-order valence-electron chi connectivity index (χ0n) is 14.2. The standard InChI is InChI=1S/C18H21N3O4/c1-20-17(23)14-9-5-4-8-13(14)16(19-20)18(24)25-12-15(22)21-10-6-2-3-7-11-21/h4-5,8-9H,2-3,6-7,10-12H2,1H3. The molecule has 0 radical (unpaired) electrons. The molecule has 0 spiro atoms. The van der Waals surface area contributed by atoms with E-state index in [9.17, 15) is 14.4 Å². The van der Waals surface area contributed by atoms with Crippen molar-refractivity contribution in [2.24, 2.45) is 7.05 Å². The van der Waals surface area contributed by atoms with Crippen LogP contribution in [0.1, 0.15) is 36.2 Å². The number of benzene rings is 1. The summed E-state index contributed by atoms with van der Waals surface area (Å²) in [5, 5.41) is 4.83. The number of likely N-dealkylation sites (tertiary alicyclic amines) is 1. The van der Waals surface area contributed by atoms with Gasteiger partial charge in [0, 0.05) is 25.5 Å². The van der Waals surface area contributed by atoms with Crippen LogP contribution in [0.15, 0.2) is 29.1 Å². The van der Waals surface area contributed by atoms with Crippen LogP contribution in [0.2, 0.25) is 0 Å². The highest BCUT2D eigenvalue weighted by atomic mass is 16.5. The summed E-state index contributed by atoms with van der Waals surface area (Å²) in [6, 6.07) is 6.74. The maximum absolute atomic E-state index is 12.4. The lowest BCUT2D eigenvalue weighted by Crippen LogP contribution is -2.35. The summed E-state index contributed by atoms with van der Waals surface area (Å²) in [6.07, 6.45) is 4.20. The van der Waals surface area contributed by atoms with Gasteiger partial charge < -0.3 is 9.64 Å². The van der Waals surface area contributed by atoms with E-state index in [1.165, 1.54) is 7.05 Å². The Morgan fingerprint density at radius 2 is 1.72 bits per heavy atom. The van der Waals surface area contributed by atoms with Gasteiger partial charge in [-0.25, -0.2) is 9.48 Å². The number of nitrogens with zero attached hydrogens (tertiary/aromatic N) is 3. The van der Waals surface area contributed by atoms with Crippen molar-refractivity contribution in [1.29, 1.82) is 0 Å². The first-order valence-electron chi connectivity index (χ1n) is 8.49. The number of fused-ring (bicyclic) bond motifs is 1. The van der Waals surface area contributed by atoms with E-state index in [-0.39, 0.29) is 23.8 Å². The van der Waals surface area contributed by atoms with Gasteiger partial charge in [0.1, 0.15) is 0 Å². The van der Waals surface area contributed by atoms with Gasteiger partial charge >= 0.3 is 5.97 Å². The number of rotatable bonds is 3. The second-order valence-electron chi connectivity index (χ2n) is 6.19. The molecule has 0 atom stereocenters. The summed E-state index contributed by atoms with van der Waals surface area (Å²) < 4.78 is 6.29. The number of aryl methyl sites for hydroxylation is 1. The molecule has 3 rings (SSSR count). The smallest absolute Gasteiger partial charge is 0.359 e. The normalized spacial score (nSPS) is 15.0. The van der Waals surface area contributed by atoms with Crippen molar-refractivity contribution in [2.75, 3.05) is 19.7 Å². The summed E-state index contributed by atoms with van der Waals surface area (Å²) >= 11 is 0. The van der Waals surface area contributed by atoms with Crippen LogP contribution in [0.5, 0.6) is 0 Å². The minimum Gasteiger partial charge on any atom is -0.451 e. The number of carbonyl (C=O) groups is 2. The lowest BCUT2D eigenvalue weighted by Gasteiger charge is -2.20. The second kappa shape index (κ2) is 7.46. The van der Waals surface area contributed by atoms with Crippen LogP contribution in [0.25, 0.3) is 10.8 Å². The predicted molar refractivity (Wildman–Crippen MR) is 92.3 cm³/mol. The molecule has 1 saturated heterocycles. The quantitative estimate of drug-likeness (QED) is 0.789. The maximum Gasteiger partial charge on any atom is 0.359 e. The van der Waals surface area contributed by atoms with Crippen LogP contribution in [-0.4, -0.2) is 46.3 Å². The van der Waals surface area contributed by atoms with Gasteiger partial charge in [-0.2, -0.15) is 5.10 Å². The van der Waals surface area contributed by atoms with E-state index in [0.29, 0.717) is 23.9 Å². The zero-order chi connectivity index (χ0) is 17.8. The minimum atomic E-state index is -0.699. The van der Waals surface area contributed by atoms with Crippen molar-refractivity contribution in [1.82, 2.24) is 14.7 Å². The van der Waals surface area contributed by atoms with Crippen LogP contribution in [0.4, 0.5) is 0 Å². The van der Waals surface area contributed by atoms with Crippen molar-refractivity contribution in [3.8, 4) is 0 Å². The van der Waals surface area contributed by atoms with Crippen molar-refractivity contribution >= 4 is 22.6 Å². The molecule has 1 aromatic heterocycles. The molecule has 1 aliphatic heterocycles. The number of ether oxygens (including phenoxy) is 1. The fourth-order valence-corrected chi connectivity index (χ4v) is 3.06. The molecule has 1 fully saturated rings. The number of hydrogen-bond acceptors (Lipinski definition) is 5. The third kappa shape index (κ3) is 3.70. The van der Waals surface area contributed by atoms with Crippen LogP contribution in [-0.2, 0) is 16.6 Å². The third-order valence-corrected chi connectivity index (χ3v) is 4.44. The number of esters is 1. The minimum absolute atomic E-state index is 0.0429. The fourth-order valence-electron chi connectivity index (χ4n) is 3.06. The Hall–Kier alpha value is -2.70. The van der Waals surface area contributed by atoms with Crippen LogP contribution in [0, 0.1) is 0 Å². The number of amides is 1. The summed E-state index contributed by atoms with van der Waals surface area (Å²) in [7, 11) is 1.48. The van der Waals surface area contributed by atoms with E-state index in [0.717, 1.165) is 30.4 Å². The topological polar surface area (TPSA) is 81.5 Å². The first-order valence-corrected chi connectivity index (χ1v) is 8.49. The number of hydrogen-bond donors (Lipinski definition) is 0. The second-order valence-corrected chi connectivity index (χ2v) is 6.19. The maximum atomic E-state index is 12.4. The SMILES string of the molecule is Cn1nc(C(=O)OCC(=O)N2CCCCCC2)c2ccccc2c1=O. The summed E-state index contributed by atoms with van der Waals surface area (Å²) in [4.78, 5) is 38.5. The Balaban J connectivity index is 1.75. The molecule has 2 aromatic rings. The Kier molecular flexibility index (Phi) is 5.11. The first kappa shape index (κ1) is 17.1. The van der Waals surface area contributed by atoms with Gasteiger partial charge in [0.15, 0.2) is 12.3 Å². The molecule has 0 aliphatic carbocycles. The average molecular weight is 343 g/mol. The van der Waals surface area contributed by atoms with Crippen molar-refractivity contribution in [3.05, 3.63) is 40.3 Å². The lowest BCUT2D eigenvalue weighted by atomic mass is 10.1. The van der Waals surface area contributed by atoms with Gasteiger partial charge in [0.2, 0.25) is 0 Å². The largest absolute Gasteiger partial charge is 0.451 e. The van der Waals surface area contributed by atoms with E-state index in [1.54, 1.807) is 29.2 Å². The highest BCUT2D eigenvalue weighted by molar-refractivity contribution is 6.02. The molecule has 0 bridgehead atoms. The van der Waals surface area contributed by atoms with Crippen molar-refractivity contribution in [2.45, 2.75) is 25.7 Å². The Labute approximate surface area is 145 Å². The molecular formula is C18H21N3O4. The van der Waals surface area contributed by atoms with Gasteiger partial charge in [-0.1, -0.05) is 31.0 Å². The van der Waals surface area contributed by atoms with Gasteiger partial charge in [0.05, 0.1) is 5.39 Å². The molecule has 7 heteroatoms. The van der Waals surface area contributed by atoms with Crippen LogP contribution < -0.4 is 5.56 Å². The molecule has 1 aliphatic rings. The summed E-state index contributed by atoms with van der Waals surface area (Å²) in [6.45, 7) is 1.10. The summed E-state index contributed by atoms with van der Waals surface area (Å²) in [5.41, 5.74) is -0.242. The highest BCUT2D eigenvalue weighted by Gasteiger charge is 2.20. The molecule has 7 nitrogen and oxygen atoms in total. The average Bonchev–Trinajstić information content (AvgIpc) is 2.92. The Morgan fingerprint density at radius 3 is 2.40 bits per heavy atom. The summed E-state index contributed by atoms with van der Waals surface area (Å²) in [5.74, 6) is -0.889. The predicted octanol–water partition coefficient (Wildman–Crippen LogP) is 1.49. The van der Waals surface area contributed by atoms with E-state index < -0.39 is 5.97 Å². The zero-order valence-corrected chi connectivity index (χ0v) is 14.2. The van der Waals surface area contributed by atoms with E-state index >= 15 is 0 Å². The molecule has 1 aromatic carbocycles. The van der Waals surface area contributed by atoms with Gasteiger partial charge in [-0.15, -0.1) is 0 Å². The monoisotopic (exact) mass is 343 g/mol. The molecule has 132 valence electrons. The highest BCUT2D eigenvalue weighted by Crippen LogP contribution is 2.14. The molecule has 0 N–H and O–H groups in total. The number of aromatic nitrogens is 2. The Morgan fingerprint density at radius 1 is 1.08 bits per heavy atom. The van der Waals surface area contributed by atoms with E-state index in [2.05, 4.69) is 5.10 Å². The molecule has 0 saturated carbocycles. The third-order valence-electron chi connectivity index (χ3n) is 4.44. The van der Waals surface area contributed by atoms with Gasteiger partial charge in [-0.05, 0) is 18.9 Å². The molecule has 25 heavy (non-hydrogen) atoms. The first-order chi connectivity index (χ1) is 12.1. The number of carbonyl (C=O) groups excluding carboxylic acids is 2. The van der Waals surface area contributed by atoms with Crippen LogP contribution in [0.3, 0.4) is 0 Å². The van der Waals surface area contributed by atoms with Gasteiger partial charge in [0.25, 0.3) is 11.5 Å². The molecule has 1 amide bonds. The molecule has 0 unspecified atom stereocenters. The van der Waals surface area contributed by atoms with E-state index in [4.69, 9.17) is 4.74 Å². The van der Waals surface area contributed by atoms with Gasteiger partial charge in [-0.3, -0.25) is 9.59 Å². The fraction of sp³-hybridized carbons (Fsp3) is 0.444. The van der Waals surface area contributed by atoms with Crippen molar-refractivity contribution in [3.63, 3.8) is 0 Å². The Bertz CT molecular complexity index is 851.